The number of benzene rings is 1. The summed E-state index contributed by atoms with van der Waals surface area (Å²) in [6.45, 7) is 12.4. The molecule has 0 radical (unpaired) electrons. The number of aromatic nitrogens is 1. The molecule has 0 bridgehead atoms. The van der Waals surface area contributed by atoms with Gasteiger partial charge in [0.15, 0.2) is 0 Å². The SMILES string of the molecule is CC(C)Cn1c2c(c3cc(C(=O)O)ccc31)CC(C(C)(C)C)CC2. The van der Waals surface area contributed by atoms with Gasteiger partial charge < -0.3 is 9.67 Å². The lowest BCUT2D eigenvalue weighted by molar-refractivity contribution is 0.0697. The first-order valence-electron chi connectivity index (χ1n) is 9.05. The van der Waals surface area contributed by atoms with E-state index in [1.165, 1.54) is 23.2 Å². The van der Waals surface area contributed by atoms with Gasteiger partial charge in [-0.05, 0) is 60.3 Å². The predicted octanol–water partition coefficient (Wildman–Crippen LogP) is 5.15. The first-order valence-corrected chi connectivity index (χ1v) is 9.05. The van der Waals surface area contributed by atoms with E-state index in [9.17, 15) is 9.90 Å². The standard InChI is InChI=1S/C21H29NO2/c1-13(2)12-22-18-8-6-14(20(23)24)10-16(18)17-11-15(21(3,4)5)7-9-19(17)22/h6,8,10,13,15H,7,9,11-12H2,1-5H3,(H,23,24). The Kier molecular flexibility index (Phi) is 4.23. The maximum atomic E-state index is 11.4. The summed E-state index contributed by atoms with van der Waals surface area (Å²) in [4.78, 5) is 11.4. The Bertz CT molecular complexity index is 777. The quantitative estimate of drug-likeness (QED) is 0.847. The van der Waals surface area contributed by atoms with Crippen LogP contribution in [0.1, 0.15) is 62.7 Å². The van der Waals surface area contributed by atoms with Crippen molar-refractivity contribution >= 4 is 16.9 Å². The predicted molar refractivity (Wildman–Crippen MR) is 98.7 cm³/mol. The van der Waals surface area contributed by atoms with Crippen molar-refractivity contribution in [3.05, 3.63) is 35.0 Å². The Balaban J connectivity index is 2.18. The van der Waals surface area contributed by atoms with E-state index < -0.39 is 5.97 Å². The van der Waals surface area contributed by atoms with Gasteiger partial charge in [0.25, 0.3) is 0 Å². The Labute approximate surface area is 144 Å². The summed E-state index contributed by atoms with van der Waals surface area (Å²) in [6.07, 6.45) is 3.38. The fraction of sp³-hybridized carbons (Fsp3) is 0.571. The molecule has 1 aromatic heterocycles. The molecule has 0 saturated carbocycles. The minimum Gasteiger partial charge on any atom is -0.478 e. The fourth-order valence-electron chi connectivity index (χ4n) is 4.10. The van der Waals surface area contributed by atoms with E-state index in [-0.39, 0.29) is 5.41 Å². The summed E-state index contributed by atoms with van der Waals surface area (Å²) in [7, 11) is 0. The van der Waals surface area contributed by atoms with Crippen LogP contribution in [0.5, 0.6) is 0 Å². The minimum atomic E-state index is -0.842. The highest BCUT2D eigenvalue weighted by Gasteiger charge is 2.32. The number of carbonyl (C=O) groups is 1. The molecule has 0 aliphatic heterocycles. The molecule has 2 aromatic rings. The summed E-state index contributed by atoms with van der Waals surface area (Å²) in [5.41, 5.74) is 4.70. The van der Waals surface area contributed by atoms with Crippen LogP contribution >= 0.6 is 0 Å². The Morgan fingerprint density at radius 1 is 1.33 bits per heavy atom. The molecule has 3 nitrogen and oxygen atoms in total. The third-order valence-electron chi connectivity index (χ3n) is 5.49. The highest BCUT2D eigenvalue weighted by molar-refractivity contribution is 5.95. The molecule has 0 fully saturated rings. The van der Waals surface area contributed by atoms with Gasteiger partial charge in [-0.25, -0.2) is 4.79 Å². The molecule has 1 N–H and O–H groups in total. The maximum absolute atomic E-state index is 11.4. The Hall–Kier alpha value is -1.77. The van der Waals surface area contributed by atoms with Gasteiger partial charge in [0.2, 0.25) is 0 Å². The van der Waals surface area contributed by atoms with Crippen LogP contribution in [0.2, 0.25) is 0 Å². The van der Waals surface area contributed by atoms with Crippen LogP contribution in [0.25, 0.3) is 10.9 Å². The molecule has 3 heteroatoms. The summed E-state index contributed by atoms with van der Waals surface area (Å²) in [5, 5.41) is 10.5. The van der Waals surface area contributed by atoms with Crippen molar-refractivity contribution in [2.75, 3.05) is 0 Å². The number of rotatable bonds is 3. The van der Waals surface area contributed by atoms with E-state index in [1.807, 2.05) is 12.1 Å². The van der Waals surface area contributed by atoms with Crippen LogP contribution in [0, 0.1) is 17.3 Å². The average molecular weight is 327 g/mol. The smallest absolute Gasteiger partial charge is 0.335 e. The lowest BCUT2D eigenvalue weighted by Gasteiger charge is -2.34. The number of aromatic carboxylic acids is 1. The topological polar surface area (TPSA) is 42.2 Å². The van der Waals surface area contributed by atoms with Crippen LogP contribution in [0.15, 0.2) is 18.2 Å². The van der Waals surface area contributed by atoms with Crippen molar-refractivity contribution in [3.63, 3.8) is 0 Å². The molecular formula is C21H29NO2. The van der Waals surface area contributed by atoms with Crippen LogP contribution in [-0.2, 0) is 19.4 Å². The summed E-state index contributed by atoms with van der Waals surface area (Å²) >= 11 is 0. The van der Waals surface area contributed by atoms with Gasteiger partial charge in [-0.2, -0.15) is 0 Å². The third kappa shape index (κ3) is 2.97. The fourth-order valence-corrected chi connectivity index (χ4v) is 4.10. The van der Waals surface area contributed by atoms with E-state index in [1.54, 1.807) is 6.07 Å². The highest BCUT2D eigenvalue weighted by atomic mass is 16.4. The second kappa shape index (κ2) is 5.94. The second-order valence-corrected chi connectivity index (χ2v) is 8.77. The molecule has 0 spiro atoms. The molecule has 1 aliphatic rings. The monoisotopic (exact) mass is 327 g/mol. The molecule has 1 heterocycles. The molecule has 1 aliphatic carbocycles. The number of hydrogen-bond acceptors (Lipinski definition) is 1. The van der Waals surface area contributed by atoms with Gasteiger partial charge in [-0.1, -0.05) is 34.6 Å². The molecule has 24 heavy (non-hydrogen) atoms. The highest BCUT2D eigenvalue weighted by Crippen LogP contribution is 2.41. The number of carboxylic acid groups (broad SMARTS) is 1. The van der Waals surface area contributed by atoms with Crippen molar-refractivity contribution in [3.8, 4) is 0 Å². The van der Waals surface area contributed by atoms with E-state index >= 15 is 0 Å². The first-order chi connectivity index (χ1) is 11.2. The maximum Gasteiger partial charge on any atom is 0.335 e. The van der Waals surface area contributed by atoms with Crippen LogP contribution < -0.4 is 0 Å². The Morgan fingerprint density at radius 2 is 2.04 bits per heavy atom. The number of fused-ring (bicyclic) bond motifs is 3. The van der Waals surface area contributed by atoms with Gasteiger partial charge >= 0.3 is 5.97 Å². The molecule has 1 aromatic carbocycles. The zero-order chi connectivity index (χ0) is 17.6. The molecule has 0 saturated heterocycles. The van der Waals surface area contributed by atoms with Gasteiger partial charge in [0.1, 0.15) is 0 Å². The van der Waals surface area contributed by atoms with E-state index in [0.717, 1.165) is 24.8 Å². The van der Waals surface area contributed by atoms with E-state index in [2.05, 4.69) is 39.2 Å². The van der Waals surface area contributed by atoms with Crippen molar-refractivity contribution < 1.29 is 9.90 Å². The summed E-state index contributed by atoms with van der Waals surface area (Å²) in [6, 6.07) is 5.64. The van der Waals surface area contributed by atoms with Crippen LogP contribution in [0.3, 0.4) is 0 Å². The largest absolute Gasteiger partial charge is 0.478 e. The minimum absolute atomic E-state index is 0.286. The lowest BCUT2D eigenvalue weighted by atomic mass is 9.71. The van der Waals surface area contributed by atoms with Crippen LogP contribution in [0.4, 0.5) is 0 Å². The first kappa shape index (κ1) is 17.1. The summed E-state index contributed by atoms with van der Waals surface area (Å²) in [5.74, 6) is 0.381. The zero-order valence-electron chi connectivity index (χ0n) is 15.5. The second-order valence-electron chi connectivity index (χ2n) is 8.77. The van der Waals surface area contributed by atoms with Crippen molar-refractivity contribution in [1.29, 1.82) is 0 Å². The molecule has 1 atom stereocenters. The third-order valence-corrected chi connectivity index (χ3v) is 5.49. The number of hydrogen-bond donors (Lipinski definition) is 1. The molecule has 3 rings (SSSR count). The van der Waals surface area contributed by atoms with Gasteiger partial charge in [0.05, 0.1) is 5.56 Å². The normalized spacial score (nSPS) is 18.2. The Morgan fingerprint density at radius 3 is 2.62 bits per heavy atom. The summed E-state index contributed by atoms with van der Waals surface area (Å²) < 4.78 is 2.44. The van der Waals surface area contributed by atoms with Gasteiger partial charge in [-0.3, -0.25) is 0 Å². The molecule has 0 amide bonds. The van der Waals surface area contributed by atoms with Crippen LogP contribution in [-0.4, -0.2) is 15.6 Å². The molecule has 130 valence electrons. The van der Waals surface area contributed by atoms with Crippen molar-refractivity contribution in [2.24, 2.45) is 17.3 Å². The average Bonchev–Trinajstić information content (AvgIpc) is 2.79. The van der Waals surface area contributed by atoms with Gasteiger partial charge in [0, 0.05) is 23.1 Å². The van der Waals surface area contributed by atoms with Crippen molar-refractivity contribution in [1.82, 2.24) is 4.57 Å². The lowest BCUT2D eigenvalue weighted by Crippen LogP contribution is -2.27. The molecular weight excluding hydrogens is 298 g/mol. The van der Waals surface area contributed by atoms with E-state index in [0.29, 0.717) is 17.4 Å². The number of carboxylic acids is 1. The molecule has 1 unspecified atom stereocenters. The zero-order valence-corrected chi connectivity index (χ0v) is 15.5. The van der Waals surface area contributed by atoms with E-state index in [4.69, 9.17) is 0 Å². The van der Waals surface area contributed by atoms with Gasteiger partial charge in [-0.15, -0.1) is 0 Å². The van der Waals surface area contributed by atoms with Crippen molar-refractivity contribution in [2.45, 2.75) is 60.4 Å². The number of nitrogens with zero attached hydrogens (tertiary/aromatic N) is 1.